The summed E-state index contributed by atoms with van der Waals surface area (Å²) in [5.41, 5.74) is -0.133. The van der Waals surface area contributed by atoms with Gasteiger partial charge in [0.05, 0.1) is 6.42 Å². The van der Waals surface area contributed by atoms with E-state index in [0.29, 0.717) is 6.42 Å². The molecule has 1 heterocycles. The van der Waals surface area contributed by atoms with Crippen molar-refractivity contribution in [2.24, 2.45) is 0 Å². The highest BCUT2D eigenvalue weighted by molar-refractivity contribution is 6.01. The van der Waals surface area contributed by atoms with Gasteiger partial charge in [-0.1, -0.05) is 12.8 Å². The maximum absolute atomic E-state index is 11.2. The molecule has 12 heavy (non-hydrogen) atoms. The van der Waals surface area contributed by atoms with E-state index in [1.165, 1.54) is 0 Å². The summed E-state index contributed by atoms with van der Waals surface area (Å²) >= 11 is 0. The van der Waals surface area contributed by atoms with Gasteiger partial charge in [-0.2, -0.15) is 0 Å². The first-order chi connectivity index (χ1) is 5.70. The van der Waals surface area contributed by atoms with Gasteiger partial charge in [0, 0.05) is 12.0 Å². The summed E-state index contributed by atoms with van der Waals surface area (Å²) in [6.45, 7) is 0. The molecule has 1 aliphatic carbocycles. The largest absolute Gasteiger partial charge is 0.350 e. The average Bonchev–Trinajstić information content (AvgIpc) is 2.33. The highest BCUT2D eigenvalue weighted by Crippen LogP contribution is 2.34. The molecule has 1 spiro atoms. The van der Waals surface area contributed by atoms with Gasteiger partial charge in [0.15, 0.2) is 0 Å². The number of rotatable bonds is 0. The summed E-state index contributed by atoms with van der Waals surface area (Å²) < 4.78 is 0. The molecule has 3 nitrogen and oxygen atoms in total. The Hall–Kier alpha value is -0.860. The Kier molecular flexibility index (Phi) is 1.67. The van der Waals surface area contributed by atoms with Crippen LogP contribution >= 0.6 is 0 Å². The molecule has 66 valence electrons. The minimum Gasteiger partial charge on any atom is -0.350 e. The van der Waals surface area contributed by atoms with E-state index in [1.807, 2.05) is 0 Å². The molecule has 1 amide bonds. The lowest BCUT2D eigenvalue weighted by atomic mass is 9.86. The zero-order valence-electron chi connectivity index (χ0n) is 7.06. The first-order valence-corrected chi connectivity index (χ1v) is 4.53. The van der Waals surface area contributed by atoms with Gasteiger partial charge >= 0.3 is 0 Å². The Morgan fingerprint density at radius 1 is 1.17 bits per heavy atom. The van der Waals surface area contributed by atoms with E-state index < -0.39 is 0 Å². The van der Waals surface area contributed by atoms with E-state index in [4.69, 9.17) is 0 Å². The fourth-order valence-electron chi connectivity index (χ4n) is 2.36. The second-order valence-electron chi connectivity index (χ2n) is 3.93. The summed E-state index contributed by atoms with van der Waals surface area (Å²) in [5.74, 6) is 0.0359. The summed E-state index contributed by atoms with van der Waals surface area (Å²) in [6.07, 6.45) is 4.94. The number of carbonyl (C=O) groups excluding carboxylic acids is 2. The Morgan fingerprint density at radius 2 is 1.83 bits per heavy atom. The van der Waals surface area contributed by atoms with Crippen molar-refractivity contribution in [3.63, 3.8) is 0 Å². The summed E-state index contributed by atoms with van der Waals surface area (Å²) in [4.78, 5) is 22.3. The maximum atomic E-state index is 11.2. The van der Waals surface area contributed by atoms with Crippen molar-refractivity contribution in [3.05, 3.63) is 0 Å². The van der Waals surface area contributed by atoms with E-state index in [9.17, 15) is 9.59 Å². The molecular formula is C9H13NO2. The van der Waals surface area contributed by atoms with E-state index in [2.05, 4.69) is 5.32 Å². The number of ketones is 1. The van der Waals surface area contributed by atoms with E-state index >= 15 is 0 Å². The Balaban J connectivity index is 2.14. The van der Waals surface area contributed by atoms with Gasteiger partial charge in [-0.05, 0) is 12.8 Å². The van der Waals surface area contributed by atoms with Crippen molar-refractivity contribution in [3.8, 4) is 0 Å². The molecule has 2 fully saturated rings. The number of hydrogen-bond acceptors (Lipinski definition) is 2. The highest BCUT2D eigenvalue weighted by atomic mass is 16.2. The third-order valence-corrected chi connectivity index (χ3v) is 2.86. The van der Waals surface area contributed by atoms with Gasteiger partial charge in [-0.3, -0.25) is 9.59 Å². The van der Waals surface area contributed by atoms with Gasteiger partial charge < -0.3 is 5.32 Å². The van der Waals surface area contributed by atoms with Crippen molar-refractivity contribution in [2.45, 2.75) is 44.1 Å². The van der Waals surface area contributed by atoms with Crippen LogP contribution in [-0.4, -0.2) is 17.2 Å². The molecule has 0 radical (unpaired) electrons. The van der Waals surface area contributed by atoms with E-state index in [-0.39, 0.29) is 23.7 Å². The molecule has 0 aromatic heterocycles. The SMILES string of the molecule is O=C1CC(=O)NC2(CCCC2)C1. The maximum Gasteiger partial charge on any atom is 0.227 e. The lowest BCUT2D eigenvalue weighted by Gasteiger charge is -2.33. The number of amides is 1. The predicted octanol–water partition coefficient (Wildman–Crippen LogP) is 0.778. The molecule has 0 aromatic rings. The number of Topliss-reactive ketones (excluding diaryl/α,β-unsaturated/α-hetero) is 1. The van der Waals surface area contributed by atoms with Crippen LogP contribution in [0.2, 0.25) is 0 Å². The first-order valence-electron chi connectivity index (χ1n) is 4.53. The number of carbonyl (C=O) groups is 2. The standard InChI is InChI=1S/C9H13NO2/c11-7-5-8(12)10-9(6-7)3-1-2-4-9/h1-6H2,(H,10,12). The second kappa shape index (κ2) is 2.57. The smallest absolute Gasteiger partial charge is 0.227 e. The lowest BCUT2D eigenvalue weighted by Crippen LogP contribution is -2.52. The normalized spacial score (nSPS) is 27.7. The van der Waals surface area contributed by atoms with Gasteiger partial charge in [-0.15, -0.1) is 0 Å². The van der Waals surface area contributed by atoms with Crippen molar-refractivity contribution in [1.82, 2.24) is 5.32 Å². The van der Waals surface area contributed by atoms with Crippen LogP contribution in [0.5, 0.6) is 0 Å². The minimum atomic E-state index is -0.133. The van der Waals surface area contributed by atoms with Crippen molar-refractivity contribution >= 4 is 11.7 Å². The molecular weight excluding hydrogens is 154 g/mol. The first kappa shape index (κ1) is 7.77. The van der Waals surface area contributed by atoms with Crippen LogP contribution < -0.4 is 5.32 Å². The van der Waals surface area contributed by atoms with Gasteiger partial charge in [0.25, 0.3) is 0 Å². The molecule has 1 N–H and O–H groups in total. The molecule has 1 aliphatic heterocycles. The van der Waals surface area contributed by atoms with Crippen LogP contribution in [0, 0.1) is 0 Å². The zero-order valence-corrected chi connectivity index (χ0v) is 7.06. The Bertz CT molecular complexity index is 211. The lowest BCUT2D eigenvalue weighted by molar-refractivity contribution is -0.134. The van der Waals surface area contributed by atoms with Crippen LogP contribution in [0.4, 0.5) is 0 Å². The molecule has 0 atom stereocenters. The number of hydrogen-bond donors (Lipinski definition) is 1. The molecule has 1 saturated heterocycles. The highest BCUT2D eigenvalue weighted by Gasteiger charge is 2.40. The summed E-state index contributed by atoms with van der Waals surface area (Å²) in [6, 6.07) is 0. The molecule has 2 rings (SSSR count). The second-order valence-corrected chi connectivity index (χ2v) is 3.93. The molecule has 2 aliphatic rings. The predicted molar refractivity (Wildman–Crippen MR) is 43.6 cm³/mol. The molecule has 0 unspecified atom stereocenters. The van der Waals surface area contributed by atoms with Gasteiger partial charge in [0.2, 0.25) is 5.91 Å². The van der Waals surface area contributed by atoms with E-state index in [0.717, 1.165) is 25.7 Å². The third kappa shape index (κ3) is 1.24. The summed E-state index contributed by atoms with van der Waals surface area (Å²) in [5, 5.41) is 2.96. The minimum absolute atomic E-state index is 0.0758. The quantitative estimate of drug-likeness (QED) is 0.542. The van der Waals surface area contributed by atoms with Crippen molar-refractivity contribution in [1.29, 1.82) is 0 Å². The molecule has 0 bridgehead atoms. The average molecular weight is 167 g/mol. The fraction of sp³-hybridized carbons (Fsp3) is 0.778. The van der Waals surface area contributed by atoms with Crippen molar-refractivity contribution in [2.75, 3.05) is 0 Å². The van der Waals surface area contributed by atoms with Crippen LogP contribution in [0.1, 0.15) is 38.5 Å². The van der Waals surface area contributed by atoms with Crippen LogP contribution in [0.15, 0.2) is 0 Å². The van der Waals surface area contributed by atoms with Gasteiger partial charge in [0.1, 0.15) is 5.78 Å². The number of piperidine rings is 1. The van der Waals surface area contributed by atoms with Crippen LogP contribution in [-0.2, 0) is 9.59 Å². The molecule has 3 heteroatoms. The molecule has 1 saturated carbocycles. The van der Waals surface area contributed by atoms with E-state index in [1.54, 1.807) is 0 Å². The molecule has 0 aromatic carbocycles. The van der Waals surface area contributed by atoms with Gasteiger partial charge in [-0.25, -0.2) is 0 Å². The number of nitrogens with one attached hydrogen (secondary N) is 1. The fourth-order valence-corrected chi connectivity index (χ4v) is 2.36. The Labute approximate surface area is 71.5 Å². The van der Waals surface area contributed by atoms with Crippen LogP contribution in [0.25, 0.3) is 0 Å². The van der Waals surface area contributed by atoms with Crippen molar-refractivity contribution < 1.29 is 9.59 Å². The topological polar surface area (TPSA) is 46.2 Å². The Morgan fingerprint density at radius 3 is 2.42 bits per heavy atom. The van der Waals surface area contributed by atoms with Crippen LogP contribution in [0.3, 0.4) is 0 Å². The monoisotopic (exact) mass is 167 g/mol. The summed E-state index contributed by atoms with van der Waals surface area (Å²) in [7, 11) is 0. The third-order valence-electron chi connectivity index (χ3n) is 2.86. The zero-order chi connectivity index (χ0) is 8.60.